The molecule has 0 aliphatic carbocycles. The van der Waals surface area contributed by atoms with E-state index in [4.69, 9.17) is 23.2 Å². The molecular formula is C9H5Cl2N3O2. The number of carbonyl (C=O) groups excluding carboxylic acids is 1. The molecule has 1 amide bonds. The lowest BCUT2D eigenvalue weighted by atomic mass is 10.3. The van der Waals surface area contributed by atoms with Gasteiger partial charge in [0.1, 0.15) is 6.26 Å². The zero-order valence-corrected chi connectivity index (χ0v) is 9.29. The molecular weight excluding hydrogens is 253 g/mol. The molecule has 0 saturated carbocycles. The van der Waals surface area contributed by atoms with Crippen LogP contribution < -0.4 is 5.32 Å². The molecule has 0 fully saturated rings. The van der Waals surface area contributed by atoms with Gasteiger partial charge in [-0.25, -0.2) is 4.98 Å². The number of rotatable bonds is 2. The Bertz CT molecular complexity index is 493. The van der Waals surface area contributed by atoms with Crippen LogP contribution in [0, 0.1) is 0 Å². The second-order valence-corrected chi connectivity index (χ2v) is 3.62. The predicted molar refractivity (Wildman–Crippen MR) is 58.7 cm³/mol. The molecule has 0 radical (unpaired) electrons. The van der Waals surface area contributed by atoms with Crippen LogP contribution >= 0.6 is 23.2 Å². The lowest BCUT2D eigenvalue weighted by Crippen LogP contribution is -2.13. The molecule has 0 aliphatic rings. The zero-order valence-electron chi connectivity index (χ0n) is 7.78. The Hall–Kier alpha value is -1.59. The molecule has 2 rings (SSSR count). The number of amides is 1. The Morgan fingerprint density at radius 3 is 2.56 bits per heavy atom. The van der Waals surface area contributed by atoms with Crippen molar-refractivity contribution in [2.75, 3.05) is 5.32 Å². The van der Waals surface area contributed by atoms with Crippen LogP contribution in [0.15, 0.2) is 29.5 Å². The standard InChI is InChI=1S/C9H5Cl2N3O2/c10-5-1-12-2-6(11)8(5)14-9(15)7-3-16-4-13-7/h1-4H,(H,12,14,15). The van der Waals surface area contributed by atoms with Gasteiger partial charge in [-0.05, 0) is 0 Å². The van der Waals surface area contributed by atoms with E-state index in [-0.39, 0.29) is 15.7 Å². The van der Waals surface area contributed by atoms with Crippen molar-refractivity contribution in [2.24, 2.45) is 0 Å². The first-order valence-electron chi connectivity index (χ1n) is 4.17. The van der Waals surface area contributed by atoms with Crippen LogP contribution in [-0.4, -0.2) is 15.9 Å². The lowest BCUT2D eigenvalue weighted by molar-refractivity contribution is 0.102. The summed E-state index contributed by atoms with van der Waals surface area (Å²) < 4.78 is 4.68. The molecule has 5 nitrogen and oxygen atoms in total. The summed E-state index contributed by atoms with van der Waals surface area (Å²) in [6.45, 7) is 0. The highest BCUT2D eigenvalue weighted by Crippen LogP contribution is 2.28. The van der Waals surface area contributed by atoms with E-state index in [2.05, 4.69) is 19.7 Å². The molecule has 0 atom stereocenters. The Labute approximate surface area is 100 Å². The summed E-state index contributed by atoms with van der Waals surface area (Å²) in [6, 6.07) is 0. The molecule has 0 aliphatic heterocycles. The minimum atomic E-state index is -0.455. The second kappa shape index (κ2) is 4.51. The van der Waals surface area contributed by atoms with Crippen LogP contribution in [-0.2, 0) is 0 Å². The number of hydrogen-bond donors (Lipinski definition) is 1. The van der Waals surface area contributed by atoms with E-state index in [0.29, 0.717) is 5.69 Å². The zero-order chi connectivity index (χ0) is 11.5. The Morgan fingerprint density at radius 2 is 2.00 bits per heavy atom. The minimum Gasteiger partial charge on any atom is -0.451 e. The summed E-state index contributed by atoms with van der Waals surface area (Å²) in [5, 5.41) is 3.02. The van der Waals surface area contributed by atoms with Gasteiger partial charge >= 0.3 is 0 Å². The van der Waals surface area contributed by atoms with Gasteiger partial charge in [-0.2, -0.15) is 0 Å². The third-order valence-corrected chi connectivity index (χ3v) is 2.33. The smallest absolute Gasteiger partial charge is 0.277 e. The van der Waals surface area contributed by atoms with Gasteiger partial charge in [0.15, 0.2) is 12.1 Å². The van der Waals surface area contributed by atoms with Gasteiger partial charge in [0.2, 0.25) is 0 Å². The molecule has 16 heavy (non-hydrogen) atoms. The van der Waals surface area contributed by atoms with Crippen molar-refractivity contribution in [1.82, 2.24) is 9.97 Å². The highest BCUT2D eigenvalue weighted by atomic mass is 35.5. The fourth-order valence-electron chi connectivity index (χ4n) is 1.03. The van der Waals surface area contributed by atoms with E-state index in [1.807, 2.05) is 0 Å². The number of nitrogens with zero attached hydrogens (tertiary/aromatic N) is 2. The van der Waals surface area contributed by atoms with E-state index >= 15 is 0 Å². The molecule has 0 aromatic carbocycles. The molecule has 1 N–H and O–H groups in total. The lowest BCUT2D eigenvalue weighted by Gasteiger charge is -2.06. The first-order valence-corrected chi connectivity index (χ1v) is 4.92. The molecule has 7 heteroatoms. The van der Waals surface area contributed by atoms with E-state index < -0.39 is 5.91 Å². The topological polar surface area (TPSA) is 68.0 Å². The molecule has 0 bridgehead atoms. The normalized spacial score (nSPS) is 10.1. The van der Waals surface area contributed by atoms with Crippen LogP contribution in [0.1, 0.15) is 10.5 Å². The minimum absolute atomic E-state index is 0.143. The van der Waals surface area contributed by atoms with Crippen molar-refractivity contribution in [3.8, 4) is 0 Å². The van der Waals surface area contributed by atoms with E-state index in [1.165, 1.54) is 18.7 Å². The van der Waals surface area contributed by atoms with Crippen molar-refractivity contribution in [3.63, 3.8) is 0 Å². The van der Waals surface area contributed by atoms with Crippen molar-refractivity contribution in [2.45, 2.75) is 0 Å². The third kappa shape index (κ3) is 2.15. The Balaban J connectivity index is 2.25. The first kappa shape index (κ1) is 10.9. The first-order chi connectivity index (χ1) is 7.68. The number of carbonyl (C=O) groups is 1. The molecule has 82 valence electrons. The van der Waals surface area contributed by atoms with Gasteiger partial charge in [-0.1, -0.05) is 23.2 Å². The number of oxazole rings is 1. The molecule has 2 aromatic heterocycles. The summed E-state index contributed by atoms with van der Waals surface area (Å²) in [7, 11) is 0. The van der Waals surface area contributed by atoms with Crippen molar-refractivity contribution >= 4 is 34.8 Å². The molecule has 0 unspecified atom stereocenters. The number of hydrogen-bond acceptors (Lipinski definition) is 4. The number of anilines is 1. The Morgan fingerprint density at radius 1 is 1.31 bits per heavy atom. The molecule has 2 heterocycles. The summed E-state index contributed by atoms with van der Waals surface area (Å²) in [6.07, 6.45) is 5.14. The van der Waals surface area contributed by atoms with E-state index in [1.54, 1.807) is 0 Å². The fourth-order valence-corrected chi connectivity index (χ4v) is 1.49. The number of halogens is 2. The van der Waals surface area contributed by atoms with Gasteiger partial charge in [0.05, 0.1) is 15.7 Å². The average Bonchev–Trinajstić information content (AvgIpc) is 2.76. The van der Waals surface area contributed by atoms with Crippen LogP contribution in [0.3, 0.4) is 0 Å². The highest BCUT2D eigenvalue weighted by molar-refractivity contribution is 6.39. The highest BCUT2D eigenvalue weighted by Gasteiger charge is 2.13. The summed E-state index contributed by atoms with van der Waals surface area (Å²) >= 11 is 11.7. The molecule has 0 spiro atoms. The van der Waals surface area contributed by atoms with Gasteiger partial charge < -0.3 is 9.73 Å². The maximum Gasteiger partial charge on any atom is 0.277 e. The Kier molecular flexibility index (Phi) is 3.07. The van der Waals surface area contributed by atoms with Crippen LogP contribution in [0.25, 0.3) is 0 Å². The second-order valence-electron chi connectivity index (χ2n) is 2.81. The maximum atomic E-state index is 11.6. The number of nitrogens with one attached hydrogen (secondary N) is 1. The SMILES string of the molecule is O=C(Nc1c(Cl)cncc1Cl)c1cocn1. The largest absolute Gasteiger partial charge is 0.451 e. The predicted octanol–water partition coefficient (Wildman–Crippen LogP) is 2.63. The number of pyridine rings is 1. The van der Waals surface area contributed by atoms with Crippen molar-refractivity contribution in [3.05, 3.63) is 40.8 Å². The third-order valence-electron chi connectivity index (χ3n) is 1.76. The van der Waals surface area contributed by atoms with E-state index in [9.17, 15) is 4.79 Å². The maximum absolute atomic E-state index is 11.6. The summed E-state index contributed by atoms with van der Waals surface area (Å²) in [4.78, 5) is 19.1. The van der Waals surface area contributed by atoms with Crippen molar-refractivity contribution < 1.29 is 9.21 Å². The molecule has 0 saturated heterocycles. The van der Waals surface area contributed by atoms with Gasteiger partial charge in [0, 0.05) is 12.4 Å². The molecule has 2 aromatic rings. The summed E-state index contributed by atoms with van der Waals surface area (Å²) in [5.74, 6) is -0.455. The monoisotopic (exact) mass is 257 g/mol. The number of aromatic nitrogens is 2. The average molecular weight is 258 g/mol. The quantitative estimate of drug-likeness (QED) is 0.898. The van der Waals surface area contributed by atoms with Crippen LogP contribution in [0.2, 0.25) is 10.0 Å². The van der Waals surface area contributed by atoms with E-state index in [0.717, 1.165) is 6.39 Å². The van der Waals surface area contributed by atoms with Crippen LogP contribution in [0.4, 0.5) is 5.69 Å². The fraction of sp³-hybridized carbons (Fsp3) is 0. The van der Waals surface area contributed by atoms with Gasteiger partial charge in [-0.3, -0.25) is 9.78 Å². The van der Waals surface area contributed by atoms with Crippen molar-refractivity contribution in [1.29, 1.82) is 0 Å². The van der Waals surface area contributed by atoms with Gasteiger partial charge in [0.25, 0.3) is 5.91 Å². The van der Waals surface area contributed by atoms with Crippen LogP contribution in [0.5, 0.6) is 0 Å². The summed E-state index contributed by atoms with van der Waals surface area (Å²) in [5.41, 5.74) is 0.440. The van der Waals surface area contributed by atoms with Gasteiger partial charge in [-0.15, -0.1) is 0 Å².